The number of piperidine rings is 2. The highest BCUT2D eigenvalue weighted by molar-refractivity contribution is 6.30. The quantitative estimate of drug-likeness (QED) is 0.304. The van der Waals surface area contributed by atoms with Crippen LogP contribution in [-0.4, -0.2) is 84.4 Å². The fraction of sp³-hybridized carbons (Fsp3) is 0.649. The van der Waals surface area contributed by atoms with E-state index in [0.717, 1.165) is 56.6 Å². The summed E-state index contributed by atoms with van der Waals surface area (Å²) < 4.78 is 3.93. The van der Waals surface area contributed by atoms with E-state index in [-0.39, 0.29) is 34.9 Å². The first-order valence-corrected chi connectivity index (χ1v) is 18.4. The van der Waals surface area contributed by atoms with Crippen LogP contribution in [0.2, 0.25) is 5.02 Å². The smallest absolute Gasteiger partial charge is 0.274 e. The molecule has 1 saturated carbocycles. The summed E-state index contributed by atoms with van der Waals surface area (Å²) in [7, 11) is 0. The lowest BCUT2D eigenvalue weighted by atomic mass is 9.63. The maximum Gasteiger partial charge on any atom is 0.274 e. The molecule has 0 bridgehead atoms. The van der Waals surface area contributed by atoms with Crippen LogP contribution < -0.4 is 5.32 Å². The molecule has 3 fully saturated rings. The number of aryl methyl sites for hydroxylation is 1. The SMILES string of the molecule is Cc1cc(C(=O)N2CCC(N[C@H](Cc3ccc(Cl)cc3)C(=O)N3CCC(Cn4cncn4)(C4CCCCC4)CC3)CC2)nn1C(C)(C)C. The number of hydrogen-bond acceptors (Lipinski definition) is 6. The van der Waals surface area contributed by atoms with E-state index in [1.165, 1.54) is 32.1 Å². The van der Waals surface area contributed by atoms with Crippen LogP contribution in [0.1, 0.15) is 100 Å². The molecule has 0 radical (unpaired) electrons. The van der Waals surface area contributed by atoms with Crippen molar-refractivity contribution in [3.63, 3.8) is 0 Å². The van der Waals surface area contributed by atoms with Gasteiger partial charge in [-0.2, -0.15) is 10.2 Å². The number of likely N-dealkylation sites (tertiary alicyclic amines) is 2. The lowest BCUT2D eigenvalue weighted by Crippen LogP contribution is -2.56. The molecule has 48 heavy (non-hydrogen) atoms. The maximum atomic E-state index is 14.4. The summed E-state index contributed by atoms with van der Waals surface area (Å²) in [5.74, 6) is 0.813. The Morgan fingerprint density at radius 1 is 0.979 bits per heavy atom. The molecule has 0 spiro atoms. The highest BCUT2D eigenvalue weighted by Gasteiger charge is 2.44. The van der Waals surface area contributed by atoms with Gasteiger partial charge in [0, 0.05) is 49.5 Å². The van der Waals surface area contributed by atoms with E-state index in [0.29, 0.717) is 36.1 Å². The first-order valence-electron chi connectivity index (χ1n) is 18.0. The lowest BCUT2D eigenvalue weighted by molar-refractivity contribution is -0.137. The van der Waals surface area contributed by atoms with Gasteiger partial charge in [0.05, 0.1) is 11.6 Å². The summed E-state index contributed by atoms with van der Waals surface area (Å²) in [4.78, 5) is 36.0. The van der Waals surface area contributed by atoms with E-state index in [1.54, 1.807) is 6.33 Å². The van der Waals surface area contributed by atoms with Gasteiger partial charge in [-0.05, 0) is 108 Å². The van der Waals surface area contributed by atoms with E-state index in [9.17, 15) is 9.59 Å². The monoisotopic (exact) mass is 676 g/mol. The molecule has 2 aliphatic heterocycles. The standard InChI is InChI=1S/C37H53ClN8O2/c1-27-22-33(42-46(27)36(2,3)4)35(48)43-18-14-31(15-19-43)41-32(23-28-10-12-30(38)13-11-28)34(47)44-20-16-37(17-21-44,24-45-26-39-25-40-45)29-8-6-5-7-9-29/h10-13,22,25-26,29,31-32,41H,5-9,14-21,23-24H2,1-4H3/t32-/m1/s1. The van der Waals surface area contributed by atoms with Gasteiger partial charge < -0.3 is 15.1 Å². The molecular formula is C37H53ClN8O2. The summed E-state index contributed by atoms with van der Waals surface area (Å²) in [5, 5.41) is 13.6. The molecule has 260 valence electrons. The average molecular weight is 677 g/mol. The molecule has 1 N–H and O–H groups in total. The molecular weight excluding hydrogens is 624 g/mol. The van der Waals surface area contributed by atoms with Crippen molar-refractivity contribution in [2.45, 2.75) is 116 Å². The number of benzene rings is 1. The Kier molecular flexibility index (Phi) is 10.6. The van der Waals surface area contributed by atoms with Gasteiger partial charge in [-0.1, -0.05) is 43.0 Å². The maximum absolute atomic E-state index is 14.4. The molecule has 2 amide bonds. The van der Waals surface area contributed by atoms with E-state index in [1.807, 2.05) is 57.8 Å². The number of hydrogen-bond donors (Lipinski definition) is 1. The third kappa shape index (κ3) is 7.96. The van der Waals surface area contributed by atoms with Crippen LogP contribution in [0.5, 0.6) is 0 Å². The Hall–Kier alpha value is -3.24. The second-order valence-electron chi connectivity index (χ2n) is 15.5. The predicted molar refractivity (Wildman–Crippen MR) is 188 cm³/mol. The molecule has 0 unspecified atom stereocenters. The number of carbonyl (C=O) groups is 2. The molecule has 10 nitrogen and oxygen atoms in total. The van der Waals surface area contributed by atoms with E-state index in [2.05, 4.69) is 46.2 Å². The van der Waals surface area contributed by atoms with Crippen molar-refractivity contribution in [3.8, 4) is 0 Å². The van der Waals surface area contributed by atoms with Gasteiger partial charge in [0.25, 0.3) is 5.91 Å². The van der Waals surface area contributed by atoms with Crippen LogP contribution in [0.3, 0.4) is 0 Å². The number of aromatic nitrogens is 5. The first-order chi connectivity index (χ1) is 23.0. The number of carbonyl (C=O) groups excluding carboxylic acids is 2. The molecule has 1 aromatic carbocycles. The third-order valence-electron chi connectivity index (χ3n) is 11.1. The topological polar surface area (TPSA) is 101 Å². The minimum absolute atomic E-state index is 0.0194. The van der Waals surface area contributed by atoms with Crippen molar-refractivity contribution in [1.29, 1.82) is 0 Å². The second kappa shape index (κ2) is 14.7. The predicted octanol–water partition coefficient (Wildman–Crippen LogP) is 5.89. The summed E-state index contributed by atoms with van der Waals surface area (Å²) in [5.41, 5.74) is 2.53. The van der Waals surface area contributed by atoms with Gasteiger partial charge in [0.15, 0.2) is 5.69 Å². The Morgan fingerprint density at radius 2 is 1.67 bits per heavy atom. The van der Waals surface area contributed by atoms with Crippen molar-refractivity contribution >= 4 is 23.4 Å². The third-order valence-corrected chi connectivity index (χ3v) is 11.3. The van der Waals surface area contributed by atoms with Gasteiger partial charge in [0.2, 0.25) is 5.91 Å². The average Bonchev–Trinajstić information content (AvgIpc) is 3.75. The van der Waals surface area contributed by atoms with Crippen molar-refractivity contribution in [2.75, 3.05) is 26.2 Å². The zero-order valence-corrected chi connectivity index (χ0v) is 30.0. The fourth-order valence-electron chi connectivity index (χ4n) is 8.47. The summed E-state index contributed by atoms with van der Waals surface area (Å²) in [6.07, 6.45) is 14.1. The molecule has 2 saturated heterocycles. The van der Waals surface area contributed by atoms with Gasteiger partial charge in [-0.15, -0.1) is 0 Å². The molecule has 1 aliphatic carbocycles. The van der Waals surface area contributed by atoms with Gasteiger partial charge >= 0.3 is 0 Å². The minimum Gasteiger partial charge on any atom is -0.341 e. The van der Waals surface area contributed by atoms with E-state index < -0.39 is 0 Å². The van der Waals surface area contributed by atoms with Crippen LogP contribution in [0.25, 0.3) is 0 Å². The number of nitrogens with one attached hydrogen (secondary N) is 1. The van der Waals surface area contributed by atoms with Gasteiger partial charge in [-0.25, -0.2) is 4.98 Å². The molecule has 4 heterocycles. The van der Waals surface area contributed by atoms with E-state index >= 15 is 0 Å². The lowest BCUT2D eigenvalue weighted by Gasteiger charge is -2.48. The molecule has 3 aromatic rings. The van der Waals surface area contributed by atoms with Gasteiger partial charge in [0.1, 0.15) is 12.7 Å². The molecule has 1 atom stereocenters. The van der Waals surface area contributed by atoms with Gasteiger partial charge in [-0.3, -0.25) is 19.0 Å². The highest BCUT2D eigenvalue weighted by Crippen LogP contribution is 2.47. The Balaban J connectivity index is 1.11. The van der Waals surface area contributed by atoms with E-state index in [4.69, 9.17) is 11.6 Å². The summed E-state index contributed by atoms with van der Waals surface area (Å²) in [6, 6.07) is 9.53. The van der Waals surface area contributed by atoms with Crippen molar-refractivity contribution < 1.29 is 9.59 Å². The van der Waals surface area contributed by atoms with Crippen molar-refractivity contribution in [2.24, 2.45) is 11.3 Å². The van der Waals surface area contributed by atoms with Crippen molar-refractivity contribution in [3.05, 3.63) is 65.0 Å². The largest absolute Gasteiger partial charge is 0.341 e. The number of amides is 2. The summed E-state index contributed by atoms with van der Waals surface area (Å²) >= 11 is 6.21. The Morgan fingerprint density at radius 3 is 2.27 bits per heavy atom. The fourth-order valence-corrected chi connectivity index (χ4v) is 8.59. The highest BCUT2D eigenvalue weighted by atomic mass is 35.5. The molecule has 6 rings (SSSR count). The first kappa shape index (κ1) is 34.6. The number of nitrogens with zero attached hydrogens (tertiary/aromatic N) is 7. The molecule has 2 aromatic heterocycles. The zero-order chi connectivity index (χ0) is 33.9. The minimum atomic E-state index is -0.346. The van der Waals surface area contributed by atoms with Crippen molar-refractivity contribution in [1.82, 2.24) is 39.7 Å². The Labute approximate surface area is 290 Å². The van der Waals surface area contributed by atoms with Crippen LogP contribution in [0.15, 0.2) is 43.0 Å². The van der Waals surface area contributed by atoms with Crippen LogP contribution in [-0.2, 0) is 23.3 Å². The van der Waals surface area contributed by atoms with Crippen LogP contribution in [0.4, 0.5) is 0 Å². The van der Waals surface area contributed by atoms with Crippen LogP contribution >= 0.6 is 11.6 Å². The molecule has 11 heteroatoms. The molecule has 3 aliphatic rings. The second-order valence-corrected chi connectivity index (χ2v) is 15.9. The van der Waals surface area contributed by atoms with Crippen LogP contribution in [0, 0.1) is 18.3 Å². The number of rotatable bonds is 9. The summed E-state index contributed by atoms with van der Waals surface area (Å²) in [6.45, 7) is 11.9. The normalized spacial score (nSPS) is 20.2. The Bertz CT molecular complexity index is 1510. The number of halogens is 1. The zero-order valence-electron chi connectivity index (χ0n) is 29.2.